The van der Waals surface area contributed by atoms with Crippen molar-refractivity contribution in [2.45, 2.75) is 13.5 Å². The summed E-state index contributed by atoms with van der Waals surface area (Å²) in [6.45, 7) is 2.41. The number of nitrogens with zero attached hydrogens (tertiary/aromatic N) is 3. The number of hydrogen-bond acceptors (Lipinski definition) is 5. The van der Waals surface area contributed by atoms with E-state index in [2.05, 4.69) is 20.3 Å². The zero-order valence-corrected chi connectivity index (χ0v) is 9.92. The largest absolute Gasteiger partial charge is 0.366 e. The van der Waals surface area contributed by atoms with Gasteiger partial charge in [-0.25, -0.2) is 4.98 Å². The van der Waals surface area contributed by atoms with E-state index >= 15 is 0 Å². The van der Waals surface area contributed by atoms with Crippen molar-refractivity contribution in [2.75, 3.05) is 5.32 Å². The van der Waals surface area contributed by atoms with E-state index in [-0.39, 0.29) is 0 Å². The number of rotatable bonds is 4. The molecule has 2 aromatic rings. The van der Waals surface area contributed by atoms with Gasteiger partial charge in [0.05, 0.1) is 29.7 Å². The van der Waals surface area contributed by atoms with Crippen molar-refractivity contribution in [3.8, 4) is 0 Å². The number of nitrogens with one attached hydrogen (secondary N) is 1. The van der Waals surface area contributed by atoms with Crippen molar-refractivity contribution < 1.29 is 4.79 Å². The van der Waals surface area contributed by atoms with Crippen LogP contribution in [0.2, 0.25) is 0 Å². The van der Waals surface area contributed by atoms with Gasteiger partial charge in [-0.1, -0.05) is 0 Å². The van der Waals surface area contributed by atoms with Gasteiger partial charge < -0.3 is 11.1 Å². The topological polar surface area (TPSA) is 93.8 Å². The van der Waals surface area contributed by atoms with E-state index in [1.54, 1.807) is 24.5 Å². The lowest BCUT2D eigenvalue weighted by molar-refractivity contribution is 0.1000. The van der Waals surface area contributed by atoms with Crippen LogP contribution >= 0.6 is 0 Å². The summed E-state index contributed by atoms with van der Waals surface area (Å²) in [4.78, 5) is 23.3. The van der Waals surface area contributed by atoms with Crippen molar-refractivity contribution in [3.63, 3.8) is 0 Å². The Morgan fingerprint density at radius 3 is 2.61 bits per heavy atom. The first-order valence-corrected chi connectivity index (χ1v) is 5.42. The zero-order chi connectivity index (χ0) is 13.0. The molecule has 18 heavy (non-hydrogen) atoms. The Morgan fingerprint density at radius 2 is 2.06 bits per heavy atom. The molecule has 2 aromatic heterocycles. The molecule has 2 heterocycles. The Balaban J connectivity index is 1.97. The zero-order valence-electron chi connectivity index (χ0n) is 9.92. The summed E-state index contributed by atoms with van der Waals surface area (Å²) in [7, 11) is 0. The molecule has 0 spiro atoms. The van der Waals surface area contributed by atoms with Crippen molar-refractivity contribution in [2.24, 2.45) is 5.73 Å². The smallest absolute Gasteiger partial charge is 0.250 e. The number of carbonyl (C=O) groups is 1. The molecule has 0 aliphatic rings. The maximum absolute atomic E-state index is 10.9. The predicted octanol–water partition coefficient (Wildman–Crippen LogP) is 0.891. The Hall–Kier alpha value is -2.50. The third-order valence-electron chi connectivity index (χ3n) is 2.33. The first kappa shape index (κ1) is 12.0. The summed E-state index contributed by atoms with van der Waals surface area (Å²) < 4.78 is 0. The van der Waals surface area contributed by atoms with Gasteiger partial charge in [-0.2, -0.15) is 0 Å². The van der Waals surface area contributed by atoms with E-state index in [4.69, 9.17) is 5.73 Å². The van der Waals surface area contributed by atoms with Gasteiger partial charge >= 0.3 is 0 Å². The molecule has 92 valence electrons. The van der Waals surface area contributed by atoms with Crippen LogP contribution in [0.3, 0.4) is 0 Å². The van der Waals surface area contributed by atoms with E-state index in [9.17, 15) is 4.79 Å². The normalized spacial score (nSPS) is 10.1. The number of carbonyl (C=O) groups excluding carboxylic acids is 1. The van der Waals surface area contributed by atoms with Crippen LogP contribution < -0.4 is 11.1 Å². The summed E-state index contributed by atoms with van der Waals surface area (Å²) in [6, 6.07) is 3.32. The summed E-state index contributed by atoms with van der Waals surface area (Å²) in [5.41, 5.74) is 7.21. The van der Waals surface area contributed by atoms with E-state index in [1.165, 1.54) is 6.20 Å². The quantitative estimate of drug-likeness (QED) is 0.831. The first-order valence-electron chi connectivity index (χ1n) is 5.42. The van der Waals surface area contributed by atoms with Crippen LogP contribution in [-0.4, -0.2) is 20.9 Å². The highest BCUT2D eigenvalue weighted by Gasteiger charge is 2.01. The van der Waals surface area contributed by atoms with Gasteiger partial charge in [0.15, 0.2) is 0 Å². The Bertz CT molecular complexity index is 535. The maximum atomic E-state index is 10.9. The molecule has 6 heteroatoms. The van der Waals surface area contributed by atoms with Crippen LogP contribution in [0.1, 0.15) is 21.7 Å². The Morgan fingerprint density at radius 1 is 1.22 bits per heavy atom. The number of hydrogen-bond donors (Lipinski definition) is 2. The minimum Gasteiger partial charge on any atom is -0.366 e. The molecular formula is C12H13N5O. The Kier molecular flexibility index (Phi) is 3.47. The fourth-order valence-electron chi connectivity index (χ4n) is 1.34. The lowest BCUT2D eigenvalue weighted by Crippen LogP contribution is -2.11. The van der Waals surface area contributed by atoms with E-state index in [0.717, 1.165) is 11.4 Å². The molecular weight excluding hydrogens is 230 g/mol. The van der Waals surface area contributed by atoms with Crippen molar-refractivity contribution >= 4 is 11.7 Å². The fraction of sp³-hybridized carbons (Fsp3) is 0.167. The monoisotopic (exact) mass is 243 g/mol. The van der Waals surface area contributed by atoms with Gasteiger partial charge in [-0.3, -0.25) is 14.8 Å². The summed E-state index contributed by atoms with van der Waals surface area (Å²) >= 11 is 0. The van der Waals surface area contributed by atoms with Gasteiger partial charge in [-0.15, -0.1) is 0 Å². The van der Waals surface area contributed by atoms with Gasteiger partial charge in [0.2, 0.25) is 5.91 Å². The van der Waals surface area contributed by atoms with Crippen LogP contribution in [-0.2, 0) is 6.54 Å². The molecule has 0 aromatic carbocycles. The Labute approximate surface area is 104 Å². The number of aryl methyl sites for hydroxylation is 1. The predicted molar refractivity (Wildman–Crippen MR) is 66.9 cm³/mol. The lowest BCUT2D eigenvalue weighted by atomic mass is 10.3. The van der Waals surface area contributed by atoms with Crippen LogP contribution in [0.4, 0.5) is 5.82 Å². The van der Waals surface area contributed by atoms with E-state index < -0.39 is 5.91 Å². The molecule has 0 unspecified atom stereocenters. The second-order valence-electron chi connectivity index (χ2n) is 3.80. The average Bonchev–Trinajstić information content (AvgIpc) is 2.38. The molecule has 0 saturated heterocycles. The summed E-state index contributed by atoms with van der Waals surface area (Å²) in [5.74, 6) is 0.167. The van der Waals surface area contributed by atoms with Gasteiger partial charge in [0.25, 0.3) is 0 Å². The van der Waals surface area contributed by atoms with Crippen LogP contribution in [0.15, 0.2) is 30.7 Å². The minimum atomic E-state index is -0.488. The highest BCUT2D eigenvalue weighted by atomic mass is 16.1. The fourth-order valence-corrected chi connectivity index (χ4v) is 1.34. The van der Waals surface area contributed by atoms with Crippen molar-refractivity contribution in [1.29, 1.82) is 0 Å². The second-order valence-corrected chi connectivity index (χ2v) is 3.80. The van der Waals surface area contributed by atoms with Gasteiger partial charge in [-0.05, 0) is 19.1 Å². The molecule has 0 fully saturated rings. The molecule has 0 bridgehead atoms. The van der Waals surface area contributed by atoms with E-state index in [1.807, 2.05) is 6.92 Å². The molecule has 0 atom stereocenters. The molecule has 1 amide bonds. The van der Waals surface area contributed by atoms with Gasteiger partial charge in [0, 0.05) is 12.4 Å². The molecule has 0 radical (unpaired) electrons. The minimum absolute atomic E-state index is 0.385. The van der Waals surface area contributed by atoms with Crippen molar-refractivity contribution in [3.05, 3.63) is 47.7 Å². The van der Waals surface area contributed by atoms with Crippen LogP contribution in [0, 0.1) is 6.92 Å². The molecule has 6 nitrogen and oxygen atoms in total. The standard InChI is InChI=1S/C12H13N5O/c1-8-4-15-10(6-14-8)7-17-11-3-2-9(5-16-11)12(13)18/h2-6H,7H2,1H3,(H2,13,18)(H,16,17). The molecule has 0 aliphatic carbocycles. The number of aromatic nitrogens is 3. The average molecular weight is 243 g/mol. The third-order valence-corrected chi connectivity index (χ3v) is 2.33. The number of primary amides is 1. The number of nitrogens with two attached hydrogens (primary N) is 1. The summed E-state index contributed by atoms with van der Waals surface area (Å²) in [6.07, 6.45) is 4.85. The van der Waals surface area contributed by atoms with Crippen LogP contribution in [0.25, 0.3) is 0 Å². The SMILES string of the molecule is Cc1cnc(CNc2ccc(C(N)=O)cn2)cn1. The highest BCUT2D eigenvalue weighted by Crippen LogP contribution is 2.06. The number of anilines is 1. The highest BCUT2D eigenvalue weighted by molar-refractivity contribution is 5.92. The van der Waals surface area contributed by atoms with Crippen molar-refractivity contribution in [1.82, 2.24) is 15.0 Å². The molecule has 0 aliphatic heterocycles. The number of amides is 1. The molecule has 2 rings (SSSR count). The third kappa shape index (κ3) is 3.00. The maximum Gasteiger partial charge on any atom is 0.250 e. The molecule has 0 saturated carbocycles. The number of pyridine rings is 1. The van der Waals surface area contributed by atoms with Crippen LogP contribution in [0.5, 0.6) is 0 Å². The lowest BCUT2D eigenvalue weighted by Gasteiger charge is -2.05. The van der Waals surface area contributed by atoms with E-state index in [0.29, 0.717) is 17.9 Å². The van der Waals surface area contributed by atoms with Gasteiger partial charge in [0.1, 0.15) is 5.82 Å². The first-order chi connectivity index (χ1) is 8.65. The second kappa shape index (κ2) is 5.22. The molecule has 3 N–H and O–H groups in total. The summed E-state index contributed by atoms with van der Waals surface area (Å²) in [5, 5.41) is 3.08.